The maximum absolute atomic E-state index is 14.2. The third-order valence-electron chi connectivity index (χ3n) is 5.67. The normalized spacial score (nSPS) is 15.9. The van der Waals surface area contributed by atoms with Crippen molar-refractivity contribution >= 4 is 38.7 Å². The third kappa shape index (κ3) is 5.03. The van der Waals surface area contributed by atoms with Crippen LogP contribution in [0.2, 0.25) is 0 Å². The summed E-state index contributed by atoms with van der Waals surface area (Å²) >= 11 is 1.10. The monoisotopic (exact) mass is 487 g/mol. The van der Waals surface area contributed by atoms with Crippen LogP contribution in [-0.2, 0) is 9.53 Å². The van der Waals surface area contributed by atoms with Crippen LogP contribution in [0.4, 0.5) is 13.9 Å². The number of amides is 1. The molecule has 0 N–H and O–H groups in total. The smallest absolute Gasteiger partial charge is 0.252 e. The van der Waals surface area contributed by atoms with Gasteiger partial charge in [0, 0.05) is 38.3 Å². The molecule has 0 bridgehead atoms. The largest absolute Gasteiger partial charge is 0.454 e. The molecule has 7 nitrogen and oxygen atoms in total. The second kappa shape index (κ2) is 10.0. The number of rotatable bonds is 7. The maximum Gasteiger partial charge on any atom is 0.252 e. The summed E-state index contributed by atoms with van der Waals surface area (Å²) in [7, 11) is 0. The summed E-state index contributed by atoms with van der Waals surface area (Å²) in [6.45, 7) is 4.46. The van der Waals surface area contributed by atoms with Crippen molar-refractivity contribution in [2.75, 3.05) is 51.1 Å². The fourth-order valence-electron chi connectivity index (χ4n) is 3.91. The minimum Gasteiger partial charge on any atom is -0.454 e. The van der Waals surface area contributed by atoms with Gasteiger partial charge in [-0.25, -0.2) is 13.8 Å². The van der Waals surface area contributed by atoms with Crippen LogP contribution in [0.25, 0.3) is 16.3 Å². The number of halogens is 2. The van der Waals surface area contributed by atoms with Crippen LogP contribution in [0.5, 0.6) is 11.5 Å². The van der Waals surface area contributed by atoms with Gasteiger partial charge in [-0.3, -0.25) is 14.6 Å². The van der Waals surface area contributed by atoms with Crippen molar-refractivity contribution in [3.05, 3.63) is 53.6 Å². The second-order valence-corrected chi connectivity index (χ2v) is 8.98. The molecule has 0 atom stereocenters. The van der Waals surface area contributed by atoms with Crippen molar-refractivity contribution in [2.24, 2.45) is 0 Å². The molecule has 0 saturated carbocycles. The summed E-state index contributed by atoms with van der Waals surface area (Å²) in [4.78, 5) is 21.3. The van der Waals surface area contributed by atoms with Crippen LogP contribution >= 0.6 is 11.3 Å². The van der Waals surface area contributed by atoms with Crippen LogP contribution in [0.1, 0.15) is 12.0 Å². The standard InChI is InChI=1S/C24H23F2N3O4S/c25-17-13-18(26)23-21(14-17)34-24(27-23)29(7-1-6-28-8-10-31-11-9-28)22(30)5-3-16-2-4-19-20(12-16)33-15-32-19/h2-5,12-14H,1,6-11,15H2/b5-3+. The number of hydrogen-bond donors (Lipinski definition) is 0. The summed E-state index contributed by atoms with van der Waals surface area (Å²) < 4.78 is 44.4. The number of aromatic nitrogens is 1. The zero-order valence-corrected chi connectivity index (χ0v) is 19.2. The van der Waals surface area contributed by atoms with Crippen LogP contribution in [0.3, 0.4) is 0 Å². The first-order valence-corrected chi connectivity index (χ1v) is 11.8. The number of benzene rings is 2. The Kier molecular flexibility index (Phi) is 6.70. The number of morpholine rings is 1. The predicted molar refractivity (Wildman–Crippen MR) is 125 cm³/mol. The van der Waals surface area contributed by atoms with Gasteiger partial charge in [0.05, 0.1) is 17.9 Å². The SMILES string of the molecule is O=C(/C=C/c1ccc2c(c1)OCO2)N(CCCN1CCOCC1)c1nc2c(F)cc(F)cc2s1. The maximum atomic E-state index is 14.2. The summed E-state index contributed by atoms with van der Waals surface area (Å²) in [6.07, 6.45) is 3.85. The molecule has 2 aliphatic heterocycles. The van der Waals surface area contributed by atoms with Crippen LogP contribution in [0.15, 0.2) is 36.4 Å². The lowest BCUT2D eigenvalue weighted by molar-refractivity contribution is -0.114. The first kappa shape index (κ1) is 22.7. The Bertz CT molecular complexity index is 1230. The molecule has 1 fully saturated rings. The topological polar surface area (TPSA) is 64.1 Å². The minimum atomic E-state index is -0.742. The highest BCUT2D eigenvalue weighted by Crippen LogP contribution is 2.33. The molecule has 5 rings (SSSR count). The van der Waals surface area contributed by atoms with Crippen molar-refractivity contribution in [3.63, 3.8) is 0 Å². The van der Waals surface area contributed by atoms with E-state index >= 15 is 0 Å². The van der Waals surface area contributed by atoms with Crippen LogP contribution in [-0.4, -0.2) is 62.0 Å². The zero-order chi connectivity index (χ0) is 23.5. The highest BCUT2D eigenvalue weighted by atomic mass is 32.1. The number of fused-ring (bicyclic) bond motifs is 2. The van der Waals surface area contributed by atoms with Gasteiger partial charge in [0.1, 0.15) is 11.3 Å². The Hall–Kier alpha value is -3.08. The quantitative estimate of drug-likeness (QED) is 0.468. The van der Waals surface area contributed by atoms with Gasteiger partial charge in [0.2, 0.25) is 6.79 Å². The fourth-order valence-corrected chi connectivity index (χ4v) is 4.95. The van der Waals surface area contributed by atoms with Crippen molar-refractivity contribution in [2.45, 2.75) is 6.42 Å². The van der Waals surface area contributed by atoms with Gasteiger partial charge in [-0.1, -0.05) is 17.4 Å². The van der Waals surface area contributed by atoms with Gasteiger partial charge >= 0.3 is 0 Å². The second-order valence-electron chi connectivity index (χ2n) is 7.97. The summed E-state index contributed by atoms with van der Waals surface area (Å²) in [5.41, 5.74) is 0.843. The zero-order valence-electron chi connectivity index (χ0n) is 18.3. The van der Waals surface area contributed by atoms with Crippen molar-refractivity contribution in [3.8, 4) is 11.5 Å². The molecular weight excluding hydrogens is 464 g/mol. The van der Waals surface area contributed by atoms with Gasteiger partial charge in [-0.2, -0.15) is 0 Å². The van der Waals surface area contributed by atoms with E-state index in [1.165, 1.54) is 17.0 Å². The molecule has 1 aromatic heterocycles. The summed E-state index contributed by atoms with van der Waals surface area (Å²) in [5, 5.41) is 0.335. The molecule has 10 heteroatoms. The van der Waals surface area contributed by atoms with E-state index in [1.54, 1.807) is 18.2 Å². The Morgan fingerprint density at radius 2 is 1.97 bits per heavy atom. The third-order valence-corrected chi connectivity index (χ3v) is 6.70. The summed E-state index contributed by atoms with van der Waals surface area (Å²) in [6, 6.07) is 7.45. The van der Waals surface area contributed by atoms with Gasteiger partial charge in [0.15, 0.2) is 22.4 Å². The van der Waals surface area contributed by atoms with E-state index in [2.05, 4.69) is 9.88 Å². The number of carbonyl (C=O) groups is 1. The van der Waals surface area contributed by atoms with Gasteiger partial charge in [0.25, 0.3) is 5.91 Å². The van der Waals surface area contributed by atoms with Crippen molar-refractivity contribution in [1.82, 2.24) is 9.88 Å². The van der Waals surface area contributed by atoms with Crippen molar-refractivity contribution < 1.29 is 27.8 Å². The number of ether oxygens (including phenoxy) is 3. The van der Waals surface area contributed by atoms with E-state index in [1.807, 2.05) is 6.07 Å². The van der Waals surface area contributed by atoms with Gasteiger partial charge in [-0.15, -0.1) is 0 Å². The molecule has 1 saturated heterocycles. The highest BCUT2D eigenvalue weighted by molar-refractivity contribution is 7.22. The number of anilines is 1. The molecule has 1 amide bonds. The number of carbonyl (C=O) groups excluding carboxylic acids is 1. The number of thiazole rings is 1. The van der Waals surface area contributed by atoms with E-state index in [4.69, 9.17) is 14.2 Å². The van der Waals surface area contributed by atoms with E-state index in [0.717, 1.165) is 42.6 Å². The van der Waals surface area contributed by atoms with Crippen molar-refractivity contribution in [1.29, 1.82) is 0 Å². The van der Waals surface area contributed by atoms with E-state index < -0.39 is 11.6 Å². The molecule has 3 heterocycles. The lowest BCUT2D eigenvalue weighted by atomic mass is 10.2. The van der Waals surface area contributed by atoms with E-state index in [9.17, 15) is 13.6 Å². The molecule has 2 aromatic carbocycles. The minimum absolute atomic E-state index is 0.0622. The highest BCUT2D eigenvalue weighted by Gasteiger charge is 2.21. The first-order valence-electron chi connectivity index (χ1n) is 11.0. The average molecular weight is 488 g/mol. The number of nitrogens with zero attached hydrogens (tertiary/aromatic N) is 3. The van der Waals surface area contributed by atoms with E-state index in [-0.39, 0.29) is 18.2 Å². The molecular formula is C24H23F2N3O4S. The molecule has 0 unspecified atom stereocenters. The lowest BCUT2D eigenvalue weighted by Crippen LogP contribution is -2.39. The Morgan fingerprint density at radius 1 is 1.15 bits per heavy atom. The molecule has 0 aliphatic carbocycles. The molecule has 34 heavy (non-hydrogen) atoms. The Balaban J connectivity index is 1.36. The average Bonchev–Trinajstić information content (AvgIpc) is 3.47. The predicted octanol–water partition coefficient (Wildman–Crippen LogP) is 4.07. The molecule has 0 radical (unpaired) electrons. The molecule has 178 valence electrons. The first-order chi connectivity index (χ1) is 16.6. The van der Waals surface area contributed by atoms with Gasteiger partial charge in [-0.05, 0) is 36.3 Å². The molecule has 3 aromatic rings. The lowest BCUT2D eigenvalue weighted by Gasteiger charge is -2.27. The molecule has 0 spiro atoms. The van der Waals surface area contributed by atoms with E-state index in [0.29, 0.717) is 47.5 Å². The van der Waals surface area contributed by atoms with Gasteiger partial charge < -0.3 is 14.2 Å². The fraction of sp³-hybridized carbons (Fsp3) is 0.333. The van der Waals surface area contributed by atoms with Crippen LogP contribution in [0, 0.1) is 11.6 Å². The summed E-state index contributed by atoms with van der Waals surface area (Å²) in [5.74, 6) is -0.417. The van der Waals surface area contributed by atoms with Crippen LogP contribution < -0.4 is 14.4 Å². The molecule has 2 aliphatic rings. The Labute approximate surface area is 199 Å². The Morgan fingerprint density at radius 3 is 2.82 bits per heavy atom. The number of hydrogen-bond acceptors (Lipinski definition) is 7.